The van der Waals surface area contributed by atoms with Gasteiger partial charge in [0.2, 0.25) is 0 Å². The van der Waals surface area contributed by atoms with E-state index in [1.54, 1.807) is 12.1 Å². The van der Waals surface area contributed by atoms with E-state index in [-0.39, 0.29) is 0 Å². The van der Waals surface area contributed by atoms with E-state index in [0.29, 0.717) is 10.9 Å². The van der Waals surface area contributed by atoms with Gasteiger partial charge in [-0.2, -0.15) is 0 Å². The van der Waals surface area contributed by atoms with Gasteiger partial charge in [-0.3, -0.25) is 14.3 Å². The van der Waals surface area contributed by atoms with Crippen LogP contribution < -0.4 is 11.2 Å². The minimum Gasteiger partial charge on any atom is -0.394 e. The lowest BCUT2D eigenvalue weighted by molar-refractivity contribution is -0.0601. The van der Waals surface area contributed by atoms with Crippen LogP contribution in [0.3, 0.4) is 0 Å². The van der Waals surface area contributed by atoms with Crippen molar-refractivity contribution in [1.29, 1.82) is 0 Å². The first-order valence-corrected chi connectivity index (χ1v) is 8.19. The first kappa shape index (κ1) is 16.9. The van der Waals surface area contributed by atoms with Crippen molar-refractivity contribution >= 4 is 21.7 Å². The Morgan fingerprint density at radius 1 is 1.23 bits per heavy atom. The maximum absolute atomic E-state index is 12.6. The van der Waals surface area contributed by atoms with Crippen molar-refractivity contribution in [2.75, 3.05) is 13.7 Å². The molecule has 8 nitrogen and oxygen atoms in total. The van der Waals surface area contributed by atoms with Gasteiger partial charge < -0.3 is 19.7 Å². The molecule has 1 aliphatic rings. The largest absolute Gasteiger partial charge is 0.394 e. The monoisotopic (exact) mass is 358 g/mol. The molecule has 1 aliphatic heterocycles. The Bertz CT molecular complexity index is 1090. The van der Waals surface area contributed by atoms with Gasteiger partial charge in [0, 0.05) is 7.11 Å². The van der Waals surface area contributed by atoms with Crippen LogP contribution >= 0.6 is 0 Å². The molecule has 0 bridgehead atoms. The topological polar surface area (TPSA) is 114 Å². The third-order valence-corrected chi connectivity index (χ3v) is 4.83. The Balaban J connectivity index is 2.01. The summed E-state index contributed by atoms with van der Waals surface area (Å²) in [6, 6.07) is 10.9. The molecule has 0 radical (unpaired) electrons. The lowest BCUT2D eigenvalue weighted by Crippen LogP contribution is -2.39. The van der Waals surface area contributed by atoms with Crippen molar-refractivity contribution in [3.8, 4) is 0 Å². The predicted octanol–water partition coefficient (Wildman–Crippen LogP) is 0.109. The van der Waals surface area contributed by atoms with Gasteiger partial charge in [0.15, 0.2) is 6.23 Å². The van der Waals surface area contributed by atoms with Gasteiger partial charge in [-0.15, -0.1) is 0 Å². The second-order valence-corrected chi connectivity index (χ2v) is 6.28. The summed E-state index contributed by atoms with van der Waals surface area (Å²) < 4.78 is 12.2. The van der Waals surface area contributed by atoms with E-state index >= 15 is 0 Å². The van der Waals surface area contributed by atoms with Crippen molar-refractivity contribution in [3.05, 3.63) is 57.2 Å². The maximum atomic E-state index is 12.6. The predicted molar refractivity (Wildman–Crippen MR) is 94.1 cm³/mol. The number of hydrogen-bond donors (Lipinski definition) is 3. The van der Waals surface area contributed by atoms with Crippen LogP contribution in [0, 0.1) is 0 Å². The summed E-state index contributed by atoms with van der Waals surface area (Å²) >= 11 is 0. The Morgan fingerprint density at radius 3 is 2.58 bits per heavy atom. The number of rotatable bonds is 3. The summed E-state index contributed by atoms with van der Waals surface area (Å²) in [7, 11) is 1.39. The highest BCUT2D eigenvalue weighted by atomic mass is 16.6. The summed E-state index contributed by atoms with van der Waals surface area (Å²) in [4.78, 5) is 27.2. The lowest BCUT2D eigenvalue weighted by atomic mass is 10.1. The van der Waals surface area contributed by atoms with E-state index in [4.69, 9.17) is 9.47 Å². The molecule has 2 aromatic carbocycles. The fraction of sp³-hybridized carbons (Fsp3) is 0.333. The average Bonchev–Trinajstić information content (AvgIpc) is 2.96. The second-order valence-electron chi connectivity index (χ2n) is 6.28. The van der Waals surface area contributed by atoms with Crippen molar-refractivity contribution < 1.29 is 19.7 Å². The minimum absolute atomic E-state index is 0.323. The molecule has 3 N–H and O–H groups in total. The number of aliphatic hydroxyl groups excluding tert-OH is 2. The molecule has 4 rings (SSSR count). The summed E-state index contributed by atoms with van der Waals surface area (Å²) in [6.45, 7) is -0.420. The summed E-state index contributed by atoms with van der Waals surface area (Å²) in [6.07, 6.45) is -3.85. The molecule has 0 unspecified atom stereocenters. The van der Waals surface area contributed by atoms with E-state index in [9.17, 15) is 19.8 Å². The van der Waals surface area contributed by atoms with Crippen molar-refractivity contribution in [2.24, 2.45) is 0 Å². The van der Waals surface area contributed by atoms with Gasteiger partial charge in [-0.05, 0) is 22.9 Å². The highest BCUT2D eigenvalue weighted by molar-refractivity contribution is 5.96. The molecule has 26 heavy (non-hydrogen) atoms. The molecule has 1 saturated heterocycles. The highest BCUT2D eigenvalue weighted by Crippen LogP contribution is 2.32. The Labute approximate surface area is 147 Å². The van der Waals surface area contributed by atoms with Crippen LogP contribution in [0.2, 0.25) is 0 Å². The smallest absolute Gasteiger partial charge is 0.331 e. The van der Waals surface area contributed by atoms with Gasteiger partial charge >= 0.3 is 5.69 Å². The zero-order chi connectivity index (χ0) is 18.4. The van der Waals surface area contributed by atoms with Crippen LogP contribution in [-0.4, -0.2) is 51.8 Å². The van der Waals surface area contributed by atoms with Gasteiger partial charge in [-0.25, -0.2) is 4.79 Å². The highest BCUT2D eigenvalue weighted by Gasteiger charge is 2.45. The fourth-order valence-electron chi connectivity index (χ4n) is 3.53. The molecule has 0 spiro atoms. The standard InChI is InChI=1S/C18H18N2O6/c1-25-15-14(22)13(8-21)26-17(15)20-12-7-10-5-3-2-4-9(10)6-11(12)16(23)19-18(20)24/h2-7,13-15,17,21-22H,8H2,1H3,(H,19,23,24)/t13-,14-,15-,17-/m1/s1. The molecular weight excluding hydrogens is 340 g/mol. The minimum atomic E-state index is -1.11. The quantitative estimate of drug-likeness (QED) is 0.573. The van der Waals surface area contributed by atoms with E-state index in [1.165, 1.54) is 11.7 Å². The molecule has 4 atom stereocenters. The van der Waals surface area contributed by atoms with Crippen LogP contribution in [0.25, 0.3) is 21.7 Å². The third kappa shape index (κ3) is 2.46. The number of fused-ring (bicyclic) bond motifs is 2. The molecule has 1 fully saturated rings. The molecule has 3 aromatic rings. The van der Waals surface area contributed by atoms with Crippen molar-refractivity contribution in [1.82, 2.24) is 9.55 Å². The fourth-order valence-corrected chi connectivity index (χ4v) is 3.53. The number of aromatic nitrogens is 2. The zero-order valence-corrected chi connectivity index (χ0v) is 14.0. The van der Waals surface area contributed by atoms with Crippen LogP contribution in [-0.2, 0) is 9.47 Å². The SMILES string of the molecule is CO[C@@H]1[C@H](O)[C@@H](CO)O[C@H]1n1c(=O)[nH]c(=O)c2cc3ccccc3cc21. The molecular formula is C18H18N2O6. The summed E-state index contributed by atoms with van der Waals surface area (Å²) in [5.74, 6) is 0. The first-order valence-electron chi connectivity index (χ1n) is 8.19. The zero-order valence-electron chi connectivity index (χ0n) is 14.0. The summed E-state index contributed by atoms with van der Waals surface area (Å²) in [5.41, 5.74) is -0.802. The van der Waals surface area contributed by atoms with E-state index in [0.717, 1.165) is 10.8 Å². The molecule has 136 valence electrons. The molecule has 0 amide bonds. The Kier molecular flexibility index (Phi) is 4.12. The first-order chi connectivity index (χ1) is 12.5. The number of aromatic amines is 1. The number of methoxy groups -OCH3 is 1. The number of ether oxygens (including phenoxy) is 2. The van der Waals surface area contributed by atoms with Gasteiger partial charge in [0.1, 0.15) is 18.3 Å². The van der Waals surface area contributed by atoms with E-state index in [1.807, 2.05) is 24.3 Å². The average molecular weight is 358 g/mol. The number of nitrogens with one attached hydrogen (secondary N) is 1. The number of H-pyrrole nitrogens is 1. The molecule has 1 aromatic heterocycles. The van der Waals surface area contributed by atoms with Crippen LogP contribution in [0.15, 0.2) is 46.0 Å². The normalized spacial score (nSPS) is 26.0. The van der Waals surface area contributed by atoms with Crippen LogP contribution in [0.5, 0.6) is 0 Å². The Morgan fingerprint density at radius 2 is 1.92 bits per heavy atom. The molecule has 2 heterocycles. The van der Waals surface area contributed by atoms with E-state index < -0.39 is 42.4 Å². The molecule has 0 saturated carbocycles. The number of aliphatic hydroxyl groups is 2. The van der Waals surface area contributed by atoms with Gasteiger partial charge in [0.05, 0.1) is 17.5 Å². The number of hydrogen-bond acceptors (Lipinski definition) is 6. The molecule has 8 heteroatoms. The second kappa shape index (κ2) is 6.33. The summed E-state index contributed by atoms with van der Waals surface area (Å²) in [5, 5.41) is 21.7. The Hall–Kier alpha value is -2.52. The number of benzene rings is 2. The van der Waals surface area contributed by atoms with Gasteiger partial charge in [0.25, 0.3) is 5.56 Å². The van der Waals surface area contributed by atoms with E-state index in [2.05, 4.69) is 4.98 Å². The van der Waals surface area contributed by atoms with Crippen LogP contribution in [0.4, 0.5) is 0 Å². The molecule has 0 aliphatic carbocycles. The number of nitrogens with zero attached hydrogens (tertiary/aromatic N) is 1. The third-order valence-electron chi connectivity index (χ3n) is 4.83. The lowest BCUT2D eigenvalue weighted by Gasteiger charge is -2.22. The van der Waals surface area contributed by atoms with Gasteiger partial charge in [-0.1, -0.05) is 24.3 Å². The van der Waals surface area contributed by atoms with Crippen molar-refractivity contribution in [3.63, 3.8) is 0 Å². The van der Waals surface area contributed by atoms with Crippen LogP contribution in [0.1, 0.15) is 6.23 Å². The van der Waals surface area contributed by atoms with Crippen molar-refractivity contribution in [2.45, 2.75) is 24.5 Å². The maximum Gasteiger partial charge on any atom is 0.331 e.